The van der Waals surface area contributed by atoms with Gasteiger partial charge in [-0.15, -0.1) is 0 Å². The van der Waals surface area contributed by atoms with Crippen LogP contribution in [0.4, 0.5) is 34.1 Å². The fourth-order valence-electron chi connectivity index (χ4n) is 7.99. The molecule has 5 nitrogen and oxygen atoms in total. The van der Waals surface area contributed by atoms with Crippen LogP contribution in [0, 0.1) is 0 Å². The highest BCUT2D eigenvalue weighted by Crippen LogP contribution is 2.53. The lowest BCUT2D eigenvalue weighted by molar-refractivity contribution is 0.477. The first kappa shape index (κ1) is 29.5. The third-order valence-corrected chi connectivity index (χ3v) is 10.3. The number of anilines is 6. The Morgan fingerprint density at radius 3 is 1.91 bits per heavy atom. The van der Waals surface area contributed by atoms with E-state index in [9.17, 15) is 0 Å². The fourth-order valence-corrected chi connectivity index (χ4v) is 7.99. The quantitative estimate of drug-likeness (QED) is 0.181. The van der Waals surface area contributed by atoms with Crippen molar-refractivity contribution in [2.24, 2.45) is 0 Å². The van der Waals surface area contributed by atoms with Crippen LogP contribution in [0.15, 0.2) is 192 Å². The lowest BCUT2D eigenvalue weighted by atomic mass is 10.1. The molecule has 8 aromatic carbocycles. The van der Waals surface area contributed by atoms with Crippen molar-refractivity contribution in [1.82, 2.24) is 4.57 Å². The Kier molecular flexibility index (Phi) is 6.48. The predicted molar refractivity (Wildman–Crippen MR) is 217 cm³/mol. The van der Waals surface area contributed by atoms with E-state index < -0.39 is 0 Å². The van der Waals surface area contributed by atoms with E-state index in [2.05, 4.69) is 178 Å². The summed E-state index contributed by atoms with van der Waals surface area (Å²) >= 11 is 0. The average Bonchev–Trinajstić information content (AvgIpc) is 3.76. The summed E-state index contributed by atoms with van der Waals surface area (Å²) in [6, 6.07) is 65.9. The number of aromatic nitrogens is 1. The van der Waals surface area contributed by atoms with Crippen molar-refractivity contribution in [3.63, 3.8) is 0 Å². The van der Waals surface area contributed by atoms with Crippen LogP contribution in [-0.2, 0) is 0 Å². The monoisotopic (exact) mass is 681 g/mol. The summed E-state index contributed by atoms with van der Waals surface area (Å²) in [6.07, 6.45) is 0. The molecule has 1 aliphatic rings. The molecule has 0 fully saturated rings. The summed E-state index contributed by atoms with van der Waals surface area (Å²) in [4.78, 5) is 4.57. The van der Waals surface area contributed by atoms with Gasteiger partial charge in [0.25, 0.3) is 0 Å². The van der Waals surface area contributed by atoms with Gasteiger partial charge >= 0.3 is 0 Å². The number of hydrogen-bond acceptors (Lipinski definition) is 4. The number of ether oxygens (including phenoxy) is 1. The van der Waals surface area contributed by atoms with Crippen molar-refractivity contribution in [3.05, 3.63) is 188 Å². The maximum Gasteiger partial charge on any atom is 0.153 e. The predicted octanol–water partition coefficient (Wildman–Crippen LogP) is 13.7. The number of fused-ring (bicyclic) bond motifs is 8. The number of para-hydroxylation sites is 6. The molecule has 5 heteroatoms. The highest BCUT2D eigenvalue weighted by Gasteiger charge is 2.28. The first-order valence-electron chi connectivity index (χ1n) is 17.8. The van der Waals surface area contributed by atoms with Gasteiger partial charge in [0.1, 0.15) is 11.2 Å². The smallest absolute Gasteiger partial charge is 0.153 e. The molecule has 3 heterocycles. The molecule has 0 bridgehead atoms. The maximum absolute atomic E-state index is 6.72. The number of hydrogen-bond donors (Lipinski definition) is 0. The zero-order chi connectivity index (χ0) is 34.9. The van der Waals surface area contributed by atoms with Crippen molar-refractivity contribution in [1.29, 1.82) is 0 Å². The Morgan fingerprint density at radius 1 is 0.377 bits per heavy atom. The van der Waals surface area contributed by atoms with Crippen molar-refractivity contribution >= 4 is 77.9 Å². The van der Waals surface area contributed by atoms with Gasteiger partial charge in [0.05, 0.1) is 28.1 Å². The molecule has 0 atom stereocenters. The Bertz CT molecular complexity index is 3000. The minimum atomic E-state index is 0.770. The third kappa shape index (κ3) is 4.64. The van der Waals surface area contributed by atoms with Crippen LogP contribution in [0.5, 0.6) is 11.5 Å². The second-order valence-electron chi connectivity index (χ2n) is 13.4. The molecule has 10 aromatic rings. The SMILES string of the molecule is c1ccc(N(c2ccc3c(c2)Oc2ccccc2N3c2ccc3c(c2)oc2ccccc23)c2ccc3c4ccccc4n(-c4ccccc4)c3c2)cc1. The summed E-state index contributed by atoms with van der Waals surface area (Å²) < 4.78 is 15.4. The van der Waals surface area contributed by atoms with Crippen molar-refractivity contribution in [2.45, 2.75) is 0 Å². The minimum absolute atomic E-state index is 0.770. The number of rotatable bonds is 5. The summed E-state index contributed by atoms with van der Waals surface area (Å²) in [7, 11) is 0. The van der Waals surface area contributed by atoms with Gasteiger partial charge in [-0.05, 0) is 84.9 Å². The standard InChI is InChI=1S/C48H31N3O2/c1-3-13-32(14-4-1)49(34-23-26-38-37-17-7-9-19-41(37)50(44(38)29-34)33-15-5-2-6-16-33)35-25-28-43-48(31-35)53-46-22-12-10-20-42(46)51(43)36-24-27-40-39-18-8-11-21-45(39)52-47(40)30-36/h1-31H. The summed E-state index contributed by atoms with van der Waals surface area (Å²) in [5, 5.41) is 4.66. The van der Waals surface area contributed by atoms with E-state index in [1.54, 1.807) is 0 Å². The van der Waals surface area contributed by atoms with Crippen molar-refractivity contribution < 1.29 is 9.15 Å². The lowest BCUT2D eigenvalue weighted by Gasteiger charge is -2.34. The second kappa shape index (κ2) is 11.7. The molecule has 0 saturated heterocycles. The molecule has 0 unspecified atom stereocenters. The van der Waals surface area contributed by atoms with Crippen LogP contribution >= 0.6 is 0 Å². The molecular weight excluding hydrogens is 651 g/mol. The number of benzene rings is 8. The molecule has 250 valence electrons. The molecule has 2 aromatic heterocycles. The summed E-state index contributed by atoms with van der Waals surface area (Å²) in [5.74, 6) is 1.56. The van der Waals surface area contributed by atoms with Crippen LogP contribution in [0.3, 0.4) is 0 Å². The van der Waals surface area contributed by atoms with E-state index in [0.717, 1.165) is 78.8 Å². The van der Waals surface area contributed by atoms with Gasteiger partial charge in [0.2, 0.25) is 0 Å². The van der Waals surface area contributed by atoms with Gasteiger partial charge in [0, 0.05) is 56.4 Å². The van der Waals surface area contributed by atoms with Gasteiger partial charge < -0.3 is 23.5 Å². The van der Waals surface area contributed by atoms with E-state index in [1.165, 1.54) is 16.3 Å². The van der Waals surface area contributed by atoms with Gasteiger partial charge in [-0.2, -0.15) is 0 Å². The Hall–Kier alpha value is -7.24. The van der Waals surface area contributed by atoms with Crippen molar-refractivity contribution in [2.75, 3.05) is 9.80 Å². The molecule has 53 heavy (non-hydrogen) atoms. The minimum Gasteiger partial charge on any atom is -0.456 e. The van der Waals surface area contributed by atoms with Crippen LogP contribution in [0.25, 0.3) is 49.4 Å². The molecular formula is C48H31N3O2. The van der Waals surface area contributed by atoms with E-state index in [4.69, 9.17) is 9.15 Å². The molecule has 0 saturated carbocycles. The molecule has 0 spiro atoms. The molecule has 11 rings (SSSR count). The van der Waals surface area contributed by atoms with E-state index in [1.807, 2.05) is 24.3 Å². The largest absolute Gasteiger partial charge is 0.456 e. The number of nitrogens with zero attached hydrogens (tertiary/aromatic N) is 3. The Balaban J connectivity index is 1.08. The van der Waals surface area contributed by atoms with Crippen LogP contribution in [0.2, 0.25) is 0 Å². The summed E-state index contributed by atoms with van der Waals surface area (Å²) in [5.41, 5.74) is 11.2. The second-order valence-corrected chi connectivity index (χ2v) is 13.4. The van der Waals surface area contributed by atoms with Crippen LogP contribution in [0.1, 0.15) is 0 Å². The maximum atomic E-state index is 6.72. The first-order valence-corrected chi connectivity index (χ1v) is 17.8. The molecule has 1 aliphatic heterocycles. The van der Waals surface area contributed by atoms with E-state index >= 15 is 0 Å². The fraction of sp³-hybridized carbons (Fsp3) is 0. The molecule has 0 aliphatic carbocycles. The van der Waals surface area contributed by atoms with E-state index in [0.29, 0.717) is 0 Å². The first-order chi connectivity index (χ1) is 26.3. The zero-order valence-electron chi connectivity index (χ0n) is 28.6. The zero-order valence-corrected chi connectivity index (χ0v) is 28.6. The Labute approximate surface area is 305 Å². The average molecular weight is 682 g/mol. The molecule has 0 amide bonds. The normalized spacial score (nSPS) is 12.3. The third-order valence-electron chi connectivity index (χ3n) is 10.3. The topological polar surface area (TPSA) is 33.8 Å². The van der Waals surface area contributed by atoms with Crippen LogP contribution < -0.4 is 14.5 Å². The molecule has 0 N–H and O–H groups in total. The highest BCUT2D eigenvalue weighted by atomic mass is 16.5. The van der Waals surface area contributed by atoms with Gasteiger partial charge in [-0.3, -0.25) is 0 Å². The Morgan fingerprint density at radius 2 is 1.02 bits per heavy atom. The lowest BCUT2D eigenvalue weighted by Crippen LogP contribution is -2.17. The number of furan rings is 1. The highest BCUT2D eigenvalue weighted by molar-refractivity contribution is 6.10. The van der Waals surface area contributed by atoms with Gasteiger partial charge in [0.15, 0.2) is 11.5 Å². The molecule has 0 radical (unpaired) electrons. The van der Waals surface area contributed by atoms with Crippen molar-refractivity contribution in [3.8, 4) is 17.2 Å². The van der Waals surface area contributed by atoms with Gasteiger partial charge in [-0.25, -0.2) is 0 Å². The van der Waals surface area contributed by atoms with Crippen LogP contribution in [-0.4, -0.2) is 4.57 Å². The summed E-state index contributed by atoms with van der Waals surface area (Å²) in [6.45, 7) is 0. The van der Waals surface area contributed by atoms with E-state index in [-0.39, 0.29) is 0 Å². The van der Waals surface area contributed by atoms with Gasteiger partial charge in [-0.1, -0.05) is 91.0 Å².